The number of aromatic nitrogens is 3. The van der Waals surface area contributed by atoms with E-state index in [0.717, 1.165) is 17.9 Å². The molecule has 1 saturated heterocycles. The van der Waals surface area contributed by atoms with Crippen LogP contribution in [0.1, 0.15) is 33.2 Å². The number of aromatic amines is 1. The molecule has 0 radical (unpaired) electrons. The summed E-state index contributed by atoms with van der Waals surface area (Å²) in [4.78, 5) is 13.9. The Morgan fingerprint density at radius 2 is 2.40 bits per heavy atom. The van der Waals surface area contributed by atoms with Gasteiger partial charge >= 0.3 is 0 Å². The summed E-state index contributed by atoms with van der Waals surface area (Å²) in [5, 5.41) is 12.4. The second kappa shape index (κ2) is 6.03. The van der Waals surface area contributed by atoms with Gasteiger partial charge in [0.1, 0.15) is 6.04 Å². The number of amides is 1. The molecule has 0 unspecified atom stereocenters. The number of fused-ring (bicyclic) bond motifs is 1. The highest BCUT2D eigenvalue weighted by Crippen LogP contribution is 2.52. The highest BCUT2D eigenvalue weighted by atomic mass is 32.1. The smallest absolute Gasteiger partial charge is 0.243 e. The molecule has 8 heteroatoms. The van der Waals surface area contributed by atoms with Crippen molar-refractivity contribution in [1.29, 1.82) is 0 Å². The van der Waals surface area contributed by atoms with E-state index in [4.69, 9.17) is 17.0 Å². The molecule has 25 heavy (non-hydrogen) atoms. The molecule has 0 aromatic carbocycles. The molecule has 1 amide bonds. The van der Waals surface area contributed by atoms with Crippen molar-refractivity contribution >= 4 is 29.5 Å². The monoisotopic (exact) mass is 378 g/mol. The molecule has 4 atom stereocenters. The van der Waals surface area contributed by atoms with E-state index in [1.54, 1.807) is 15.9 Å². The van der Waals surface area contributed by atoms with Crippen LogP contribution in [0, 0.1) is 16.1 Å². The molecule has 0 spiro atoms. The van der Waals surface area contributed by atoms with Crippen LogP contribution >= 0.6 is 23.6 Å². The average molecular weight is 379 g/mol. The number of carbonyl (C=O) groups excluding carboxylic acids is 1. The SMILES string of the molecule is C[C@H](C(=O)N[C@@H]1[C@H]2CCO[C@@H]2C1(C)C)n1c(-c2cccs2)n[nH]c1=S. The van der Waals surface area contributed by atoms with Gasteiger partial charge in [-0.2, -0.15) is 5.10 Å². The maximum atomic E-state index is 12.9. The lowest BCUT2D eigenvalue weighted by molar-refractivity contribution is -0.140. The quantitative estimate of drug-likeness (QED) is 0.802. The molecule has 0 bridgehead atoms. The number of nitrogens with zero attached hydrogens (tertiary/aromatic N) is 2. The second-order valence-electron chi connectivity index (χ2n) is 7.43. The van der Waals surface area contributed by atoms with E-state index in [-0.39, 0.29) is 23.5 Å². The van der Waals surface area contributed by atoms with Crippen LogP contribution in [0.2, 0.25) is 0 Å². The zero-order valence-electron chi connectivity index (χ0n) is 14.5. The fraction of sp³-hybridized carbons (Fsp3) is 0.588. The van der Waals surface area contributed by atoms with E-state index in [9.17, 15) is 4.79 Å². The van der Waals surface area contributed by atoms with E-state index < -0.39 is 6.04 Å². The Hall–Kier alpha value is -1.51. The van der Waals surface area contributed by atoms with E-state index >= 15 is 0 Å². The van der Waals surface area contributed by atoms with Crippen molar-refractivity contribution in [3.05, 3.63) is 22.3 Å². The second-order valence-corrected chi connectivity index (χ2v) is 8.76. The minimum absolute atomic E-state index is 0.0290. The number of hydrogen-bond acceptors (Lipinski definition) is 5. The van der Waals surface area contributed by atoms with Gasteiger partial charge in [-0.15, -0.1) is 11.3 Å². The third-order valence-electron chi connectivity index (χ3n) is 5.61. The predicted octanol–water partition coefficient (Wildman–Crippen LogP) is 3.16. The van der Waals surface area contributed by atoms with Crippen molar-refractivity contribution in [2.75, 3.05) is 6.61 Å². The summed E-state index contributed by atoms with van der Waals surface area (Å²) in [6.45, 7) is 6.98. The molecular weight excluding hydrogens is 356 g/mol. The molecule has 1 saturated carbocycles. The fourth-order valence-electron chi connectivity index (χ4n) is 4.25. The number of thiophene rings is 1. The lowest BCUT2D eigenvalue weighted by Crippen LogP contribution is -2.67. The molecule has 2 fully saturated rings. The van der Waals surface area contributed by atoms with E-state index in [0.29, 0.717) is 16.5 Å². The Kier molecular flexibility index (Phi) is 4.09. The van der Waals surface area contributed by atoms with Crippen LogP contribution in [-0.2, 0) is 9.53 Å². The van der Waals surface area contributed by atoms with E-state index in [1.165, 1.54) is 0 Å². The number of H-pyrrole nitrogens is 1. The first-order valence-corrected chi connectivity index (χ1v) is 9.83. The number of carbonyl (C=O) groups is 1. The van der Waals surface area contributed by atoms with Gasteiger partial charge in [-0.3, -0.25) is 14.5 Å². The Morgan fingerprint density at radius 1 is 1.60 bits per heavy atom. The number of hydrogen-bond donors (Lipinski definition) is 2. The summed E-state index contributed by atoms with van der Waals surface area (Å²) in [5.74, 6) is 1.09. The van der Waals surface area contributed by atoms with Gasteiger partial charge in [-0.25, -0.2) is 0 Å². The van der Waals surface area contributed by atoms with Crippen molar-refractivity contribution in [1.82, 2.24) is 20.1 Å². The largest absolute Gasteiger partial charge is 0.377 e. The summed E-state index contributed by atoms with van der Waals surface area (Å²) < 4.78 is 8.07. The molecule has 2 aliphatic rings. The van der Waals surface area contributed by atoms with Crippen molar-refractivity contribution < 1.29 is 9.53 Å². The van der Waals surface area contributed by atoms with Crippen LogP contribution in [0.3, 0.4) is 0 Å². The summed E-state index contributed by atoms with van der Waals surface area (Å²) in [6, 6.07) is 3.65. The molecule has 2 aromatic heterocycles. The predicted molar refractivity (Wildman–Crippen MR) is 99.0 cm³/mol. The Bertz CT molecular complexity index is 839. The van der Waals surface area contributed by atoms with Crippen LogP contribution < -0.4 is 5.32 Å². The third-order valence-corrected chi connectivity index (χ3v) is 6.76. The van der Waals surface area contributed by atoms with Crippen LogP contribution in [-0.4, -0.2) is 39.4 Å². The Labute approximate surface area is 155 Å². The van der Waals surface area contributed by atoms with Gasteiger partial charge < -0.3 is 10.1 Å². The number of ether oxygens (including phenoxy) is 1. The molecule has 6 nitrogen and oxygen atoms in total. The minimum Gasteiger partial charge on any atom is -0.377 e. The van der Waals surface area contributed by atoms with Gasteiger partial charge in [-0.05, 0) is 37.0 Å². The molecule has 2 aromatic rings. The van der Waals surface area contributed by atoms with Crippen LogP contribution in [0.25, 0.3) is 10.7 Å². The highest BCUT2D eigenvalue weighted by Gasteiger charge is 2.59. The van der Waals surface area contributed by atoms with Gasteiger partial charge in [0.05, 0.1) is 11.0 Å². The zero-order chi connectivity index (χ0) is 17.8. The molecule has 1 aliphatic heterocycles. The van der Waals surface area contributed by atoms with Gasteiger partial charge in [0.2, 0.25) is 5.91 Å². The van der Waals surface area contributed by atoms with Gasteiger partial charge in [-0.1, -0.05) is 19.9 Å². The van der Waals surface area contributed by atoms with E-state index in [1.807, 2.05) is 24.4 Å². The fourth-order valence-corrected chi connectivity index (χ4v) is 5.25. The highest BCUT2D eigenvalue weighted by molar-refractivity contribution is 7.71. The van der Waals surface area contributed by atoms with Crippen molar-refractivity contribution in [2.24, 2.45) is 11.3 Å². The maximum Gasteiger partial charge on any atom is 0.243 e. The normalized spacial score (nSPS) is 28.2. The zero-order valence-corrected chi connectivity index (χ0v) is 16.1. The molecule has 4 rings (SSSR count). The van der Waals surface area contributed by atoms with Crippen molar-refractivity contribution in [2.45, 2.75) is 45.4 Å². The summed E-state index contributed by atoms with van der Waals surface area (Å²) in [6.07, 6.45) is 1.27. The van der Waals surface area contributed by atoms with Gasteiger partial charge in [0.25, 0.3) is 0 Å². The first kappa shape index (κ1) is 16.9. The standard InChI is InChI=1S/C17H22N4O2S2/c1-9(21-14(19-20-16(21)24)11-5-4-8-25-11)15(22)18-12-10-6-7-23-13(10)17(12,2)3/h4-5,8-10,12-13H,6-7H2,1-3H3,(H,18,22)(H,20,24)/t9-,10-,12-,13+/m1/s1. The Balaban J connectivity index is 1.56. The van der Waals surface area contributed by atoms with Crippen LogP contribution in [0.4, 0.5) is 0 Å². The molecule has 3 heterocycles. The third kappa shape index (κ3) is 2.58. The van der Waals surface area contributed by atoms with Crippen molar-refractivity contribution in [3.8, 4) is 10.7 Å². The van der Waals surface area contributed by atoms with E-state index in [2.05, 4.69) is 29.4 Å². The first-order valence-electron chi connectivity index (χ1n) is 8.54. The summed E-state index contributed by atoms with van der Waals surface area (Å²) in [5.41, 5.74) is -0.0367. The van der Waals surface area contributed by atoms with Crippen molar-refractivity contribution in [3.63, 3.8) is 0 Å². The number of nitrogens with one attached hydrogen (secondary N) is 2. The first-order chi connectivity index (χ1) is 11.9. The maximum absolute atomic E-state index is 12.9. The molecule has 1 aliphatic carbocycles. The molecular formula is C17H22N4O2S2. The van der Waals surface area contributed by atoms with Crippen LogP contribution in [0.15, 0.2) is 17.5 Å². The molecule has 134 valence electrons. The lowest BCUT2D eigenvalue weighted by Gasteiger charge is -2.54. The topological polar surface area (TPSA) is 71.9 Å². The van der Waals surface area contributed by atoms with Crippen LogP contribution in [0.5, 0.6) is 0 Å². The molecule has 2 N–H and O–H groups in total. The van der Waals surface area contributed by atoms with Gasteiger partial charge in [0.15, 0.2) is 10.6 Å². The average Bonchev–Trinajstić information content (AvgIpc) is 3.30. The summed E-state index contributed by atoms with van der Waals surface area (Å²) >= 11 is 6.94. The van der Waals surface area contributed by atoms with Gasteiger partial charge in [0, 0.05) is 24.0 Å². The Morgan fingerprint density at radius 3 is 3.12 bits per heavy atom. The summed E-state index contributed by atoms with van der Waals surface area (Å²) in [7, 11) is 0. The minimum atomic E-state index is -0.430. The lowest BCUT2D eigenvalue weighted by atomic mass is 9.57. The number of rotatable bonds is 4.